The number of nitro groups is 1. The summed E-state index contributed by atoms with van der Waals surface area (Å²) in [7, 11) is 0. The number of nitrogens with zero attached hydrogens (tertiary/aromatic N) is 2. The van der Waals surface area contributed by atoms with Crippen molar-refractivity contribution in [2.45, 2.75) is 10.8 Å². The smallest absolute Gasteiger partial charge is 0.293 e. The van der Waals surface area contributed by atoms with E-state index in [1.165, 1.54) is 17.8 Å². The zero-order chi connectivity index (χ0) is 14.5. The molecule has 6 nitrogen and oxygen atoms in total. The van der Waals surface area contributed by atoms with Gasteiger partial charge in [0.05, 0.1) is 4.92 Å². The number of pyridine rings is 1. The first-order valence-electron chi connectivity index (χ1n) is 5.59. The summed E-state index contributed by atoms with van der Waals surface area (Å²) < 4.78 is 0.887. The molecule has 0 bridgehead atoms. The summed E-state index contributed by atoms with van der Waals surface area (Å²) in [5.41, 5.74) is 3.46. The molecule has 0 aliphatic heterocycles. The van der Waals surface area contributed by atoms with Crippen LogP contribution in [0.3, 0.4) is 0 Å². The number of halogens is 1. The van der Waals surface area contributed by atoms with Gasteiger partial charge in [0.15, 0.2) is 0 Å². The van der Waals surface area contributed by atoms with Gasteiger partial charge in [-0.15, -0.1) is 11.8 Å². The van der Waals surface area contributed by atoms with Crippen LogP contribution in [-0.2, 0) is 5.75 Å². The topological polar surface area (TPSA) is 94.1 Å². The van der Waals surface area contributed by atoms with Crippen LogP contribution in [0.25, 0.3) is 0 Å². The van der Waals surface area contributed by atoms with Gasteiger partial charge in [-0.1, -0.05) is 12.1 Å². The largest absolute Gasteiger partial charge is 0.318 e. The molecule has 2 rings (SSSR count). The third kappa shape index (κ3) is 3.27. The molecule has 2 aromatic rings. The number of nitrogens with one attached hydrogen (secondary N) is 1. The van der Waals surface area contributed by atoms with E-state index in [0.29, 0.717) is 11.4 Å². The highest BCUT2D eigenvalue weighted by Gasteiger charge is 2.16. The first-order chi connectivity index (χ1) is 9.63. The van der Waals surface area contributed by atoms with Gasteiger partial charge in [-0.2, -0.15) is 0 Å². The second-order valence-electron chi connectivity index (χ2n) is 3.79. The number of anilines is 1. The molecular formula is C12H11BrN4O2S. The van der Waals surface area contributed by atoms with E-state index >= 15 is 0 Å². The average Bonchev–Trinajstić information content (AvgIpc) is 2.45. The zero-order valence-corrected chi connectivity index (χ0v) is 12.6. The van der Waals surface area contributed by atoms with Gasteiger partial charge in [-0.3, -0.25) is 16.0 Å². The van der Waals surface area contributed by atoms with Gasteiger partial charge in [-0.05, 0) is 33.6 Å². The fourth-order valence-corrected chi connectivity index (χ4v) is 3.12. The lowest BCUT2D eigenvalue weighted by Gasteiger charge is -2.09. The number of thioether (sulfide) groups is 1. The molecule has 1 aromatic carbocycles. The highest BCUT2D eigenvalue weighted by Crippen LogP contribution is 2.33. The third-order valence-electron chi connectivity index (χ3n) is 2.56. The minimum Gasteiger partial charge on any atom is -0.318 e. The summed E-state index contributed by atoms with van der Waals surface area (Å²) in [6.07, 6.45) is 1.70. The maximum atomic E-state index is 10.9. The van der Waals surface area contributed by atoms with Crippen LogP contribution in [0.5, 0.6) is 0 Å². The van der Waals surface area contributed by atoms with Gasteiger partial charge >= 0.3 is 0 Å². The Morgan fingerprint density at radius 1 is 1.40 bits per heavy atom. The van der Waals surface area contributed by atoms with E-state index in [0.717, 1.165) is 15.1 Å². The second kappa shape index (κ2) is 6.69. The Morgan fingerprint density at radius 3 is 2.85 bits per heavy atom. The summed E-state index contributed by atoms with van der Waals surface area (Å²) in [6.45, 7) is 0. The average molecular weight is 355 g/mol. The van der Waals surface area contributed by atoms with Gasteiger partial charge in [0.25, 0.3) is 5.69 Å². The van der Waals surface area contributed by atoms with Gasteiger partial charge in [-0.25, -0.2) is 4.98 Å². The van der Waals surface area contributed by atoms with Crippen LogP contribution in [0.2, 0.25) is 0 Å². The molecule has 0 fully saturated rings. The SMILES string of the molecule is NNc1c(CSc2ncccc2Br)cccc1[N+](=O)[O-]. The molecule has 3 N–H and O–H groups in total. The molecule has 0 saturated carbocycles. The number of aromatic nitrogens is 1. The molecule has 0 aliphatic rings. The quantitative estimate of drug-likeness (QED) is 0.370. The lowest BCUT2D eigenvalue weighted by Crippen LogP contribution is -2.11. The molecule has 1 aromatic heterocycles. The fraction of sp³-hybridized carbons (Fsp3) is 0.0833. The second-order valence-corrected chi connectivity index (χ2v) is 5.61. The third-order valence-corrected chi connectivity index (χ3v) is 4.52. The number of para-hydroxylation sites is 1. The van der Waals surface area contributed by atoms with Crippen molar-refractivity contribution >= 4 is 39.1 Å². The first kappa shape index (κ1) is 14.8. The van der Waals surface area contributed by atoms with Crippen LogP contribution in [-0.4, -0.2) is 9.91 Å². The van der Waals surface area contributed by atoms with Crippen LogP contribution >= 0.6 is 27.7 Å². The van der Waals surface area contributed by atoms with Crippen LogP contribution < -0.4 is 11.3 Å². The molecule has 0 aliphatic carbocycles. The summed E-state index contributed by atoms with van der Waals surface area (Å²) in [6, 6.07) is 8.58. The Bertz CT molecular complexity index is 639. The van der Waals surface area contributed by atoms with Crippen LogP contribution in [0.1, 0.15) is 5.56 Å². The van der Waals surface area contributed by atoms with E-state index in [1.54, 1.807) is 18.3 Å². The highest BCUT2D eigenvalue weighted by atomic mass is 79.9. The lowest BCUT2D eigenvalue weighted by atomic mass is 10.2. The van der Waals surface area contributed by atoms with Crippen molar-refractivity contribution in [2.75, 3.05) is 5.43 Å². The predicted octanol–water partition coefficient (Wildman–Crippen LogP) is 3.33. The van der Waals surface area contributed by atoms with Crippen LogP contribution in [0, 0.1) is 10.1 Å². The molecule has 0 amide bonds. The van der Waals surface area contributed by atoms with E-state index in [9.17, 15) is 10.1 Å². The van der Waals surface area contributed by atoms with E-state index < -0.39 is 4.92 Å². The number of benzene rings is 1. The molecular weight excluding hydrogens is 344 g/mol. The van der Waals surface area contributed by atoms with E-state index in [2.05, 4.69) is 26.3 Å². The van der Waals surface area contributed by atoms with Crippen LogP contribution in [0.15, 0.2) is 46.0 Å². The summed E-state index contributed by atoms with van der Waals surface area (Å²) in [4.78, 5) is 14.7. The standard InChI is InChI=1S/C12H11BrN4O2S/c13-9-4-2-6-15-12(9)20-7-8-3-1-5-10(17(18)19)11(8)16-14/h1-6,16H,7,14H2. The highest BCUT2D eigenvalue weighted by molar-refractivity contribution is 9.10. The Labute approximate surface area is 128 Å². The van der Waals surface area contributed by atoms with Crippen molar-refractivity contribution in [3.05, 3.63) is 56.7 Å². The molecule has 0 unspecified atom stereocenters. The van der Waals surface area contributed by atoms with Gasteiger partial charge in [0.1, 0.15) is 10.7 Å². The molecule has 20 heavy (non-hydrogen) atoms. The maximum absolute atomic E-state index is 10.9. The zero-order valence-electron chi connectivity index (χ0n) is 10.2. The summed E-state index contributed by atoms with van der Waals surface area (Å²) >= 11 is 4.89. The Balaban J connectivity index is 2.24. The Morgan fingerprint density at radius 2 is 2.20 bits per heavy atom. The molecule has 0 atom stereocenters. The molecule has 0 saturated heterocycles. The number of nitrogen functional groups attached to an aromatic ring is 1. The Kier molecular flexibility index (Phi) is 4.94. The van der Waals surface area contributed by atoms with Crippen molar-refractivity contribution in [2.24, 2.45) is 5.84 Å². The minimum absolute atomic E-state index is 0.0364. The van der Waals surface area contributed by atoms with Crippen molar-refractivity contribution in [1.29, 1.82) is 0 Å². The minimum atomic E-state index is -0.458. The predicted molar refractivity (Wildman–Crippen MR) is 82.4 cm³/mol. The van der Waals surface area contributed by atoms with Gasteiger partial charge in [0, 0.05) is 22.5 Å². The maximum Gasteiger partial charge on any atom is 0.293 e. The normalized spacial score (nSPS) is 10.3. The fourth-order valence-electron chi connectivity index (χ4n) is 1.65. The monoisotopic (exact) mass is 354 g/mol. The molecule has 1 heterocycles. The summed E-state index contributed by atoms with van der Waals surface area (Å²) in [5.74, 6) is 5.92. The number of nitro benzene ring substituents is 1. The van der Waals surface area contributed by atoms with Gasteiger partial charge in [0.2, 0.25) is 0 Å². The number of rotatable bonds is 5. The van der Waals surface area contributed by atoms with E-state index in [-0.39, 0.29) is 5.69 Å². The Hall–Kier alpha value is -1.64. The van der Waals surface area contributed by atoms with Crippen molar-refractivity contribution in [3.63, 3.8) is 0 Å². The van der Waals surface area contributed by atoms with Crippen molar-refractivity contribution < 1.29 is 4.92 Å². The van der Waals surface area contributed by atoms with Gasteiger partial charge < -0.3 is 5.43 Å². The first-order valence-corrected chi connectivity index (χ1v) is 7.37. The molecule has 104 valence electrons. The molecule has 0 radical (unpaired) electrons. The van der Waals surface area contributed by atoms with Crippen LogP contribution in [0.4, 0.5) is 11.4 Å². The summed E-state index contributed by atoms with van der Waals surface area (Å²) in [5, 5.41) is 11.8. The van der Waals surface area contributed by atoms with E-state index in [1.807, 2.05) is 12.1 Å². The lowest BCUT2D eigenvalue weighted by molar-refractivity contribution is -0.384. The number of hydrogen-bond acceptors (Lipinski definition) is 6. The van der Waals surface area contributed by atoms with Crippen molar-refractivity contribution in [3.8, 4) is 0 Å². The number of hydrogen-bond donors (Lipinski definition) is 2. The van der Waals surface area contributed by atoms with Crippen molar-refractivity contribution in [1.82, 2.24) is 4.98 Å². The van der Waals surface area contributed by atoms with E-state index in [4.69, 9.17) is 5.84 Å². The number of hydrazine groups is 1. The molecule has 8 heteroatoms. The number of nitrogens with two attached hydrogens (primary N) is 1. The molecule has 0 spiro atoms.